The Balaban J connectivity index is 1.53. The third-order valence-corrected chi connectivity index (χ3v) is 6.34. The van der Waals surface area contributed by atoms with Crippen molar-refractivity contribution in [1.82, 2.24) is 9.99 Å². The fourth-order valence-corrected chi connectivity index (χ4v) is 4.52. The number of fused-ring (bicyclic) bond motifs is 1. The van der Waals surface area contributed by atoms with Crippen LogP contribution < -0.4 is 5.43 Å². The number of hydrogen-bond acceptors (Lipinski definition) is 5. The molecule has 0 bridgehead atoms. The van der Waals surface area contributed by atoms with Crippen molar-refractivity contribution in [3.8, 4) is 5.69 Å². The van der Waals surface area contributed by atoms with Gasteiger partial charge in [-0.2, -0.15) is 5.10 Å². The quantitative estimate of drug-likeness (QED) is 0.228. The Morgan fingerprint density at radius 1 is 1.22 bits per heavy atom. The minimum atomic E-state index is -0.488. The van der Waals surface area contributed by atoms with Gasteiger partial charge in [0.15, 0.2) is 0 Å². The Morgan fingerprint density at radius 3 is 2.72 bits per heavy atom. The van der Waals surface area contributed by atoms with Crippen LogP contribution in [0.15, 0.2) is 53.6 Å². The molecule has 1 N–H and O–H groups in total. The standard InChI is InChI=1S/C22H16ClFN4O3S/c1-12-7-15(13(2)27(12)16-3-5-19(24)18(23)10-16)11-25-26-22(29)21-9-14-8-17(28(30)31)4-6-20(14)32-21/h3-11H,1-2H3,(H,26,29). The third-order valence-electron chi connectivity index (χ3n) is 4.94. The molecular weight excluding hydrogens is 455 g/mol. The molecule has 0 saturated heterocycles. The minimum Gasteiger partial charge on any atom is -0.318 e. The molecule has 0 aliphatic rings. The minimum absolute atomic E-state index is 0.0296. The fourth-order valence-electron chi connectivity index (χ4n) is 3.41. The van der Waals surface area contributed by atoms with E-state index in [1.165, 1.54) is 35.8 Å². The maximum absolute atomic E-state index is 13.5. The van der Waals surface area contributed by atoms with E-state index in [1.807, 2.05) is 24.5 Å². The van der Waals surface area contributed by atoms with Crippen LogP contribution in [0.1, 0.15) is 26.6 Å². The van der Waals surface area contributed by atoms with Crippen molar-refractivity contribution in [2.75, 3.05) is 0 Å². The molecule has 0 aliphatic carbocycles. The summed E-state index contributed by atoms with van der Waals surface area (Å²) in [5.41, 5.74) is 5.68. The van der Waals surface area contributed by atoms with Crippen molar-refractivity contribution in [3.63, 3.8) is 0 Å². The summed E-state index contributed by atoms with van der Waals surface area (Å²) in [7, 11) is 0. The van der Waals surface area contributed by atoms with E-state index in [9.17, 15) is 19.3 Å². The lowest BCUT2D eigenvalue weighted by atomic mass is 10.2. The van der Waals surface area contributed by atoms with Crippen molar-refractivity contribution < 1.29 is 14.1 Å². The molecule has 0 radical (unpaired) electrons. The second-order valence-electron chi connectivity index (χ2n) is 7.05. The number of carbonyl (C=O) groups excluding carboxylic acids is 1. The Labute approximate surface area is 190 Å². The Kier molecular flexibility index (Phi) is 5.77. The maximum atomic E-state index is 13.5. The third kappa shape index (κ3) is 4.12. The summed E-state index contributed by atoms with van der Waals surface area (Å²) >= 11 is 7.14. The topological polar surface area (TPSA) is 89.5 Å². The molecule has 4 aromatic rings. The van der Waals surface area contributed by atoms with Crippen LogP contribution in [0, 0.1) is 29.8 Å². The molecule has 32 heavy (non-hydrogen) atoms. The van der Waals surface area contributed by atoms with Gasteiger partial charge in [-0.25, -0.2) is 9.82 Å². The zero-order valence-corrected chi connectivity index (χ0v) is 18.5. The lowest BCUT2D eigenvalue weighted by Crippen LogP contribution is -2.16. The van der Waals surface area contributed by atoms with E-state index in [1.54, 1.807) is 24.3 Å². The summed E-state index contributed by atoms with van der Waals surface area (Å²) in [5.74, 6) is -0.901. The molecule has 0 unspecified atom stereocenters. The van der Waals surface area contributed by atoms with E-state index in [4.69, 9.17) is 11.6 Å². The summed E-state index contributed by atoms with van der Waals surface area (Å²) in [4.78, 5) is 23.3. The SMILES string of the molecule is Cc1cc(C=NNC(=O)c2cc3cc([N+](=O)[O-])ccc3s2)c(C)n1-c1ccc(F)c(Cl)c1. The van der Waals surface area contributed by atoms with E-state index < -0.39 is 16.6 Å². The number of non-ortho nitro benzene ring substituents is 1. The predicted octanol–water partition coefficient (Wildman–Crippen LogP) is 5.77. The summed E-state index contributed by atoms with van der Waals surface area (Å²) < 4.78 is 16.2. The molecule has 2 heterocycles. The number of benzene rings is 2. The van der Waals surface area contributed by atoms with Gasteiger partial charge in [0.05, 0.1) is 21.0 Å². The van der Waals surface area contributed by atoms with Gasteiger partial charge >= 0.3 is 0 Å². The number of thiophene rings is 1. The lowest BCUT2D eigenvalue weighted by molar-refractivity contribution is -0.384. The molecular formula is C22H16ClFN4O3S. The summed E-state index contributed by atoms with van der Waals surface area (Å²) in [5, 5.41) is 15.6. The summed E-state index contributed by atoms with van der Waals surface area (Å²) in [6.45, 7) is 3.78. The van der Waals surface area contributed by atoms with Crippen LogP contribution in [0.25, 0.3) is 15.8 Å². The number of hydrazone groups is 1. The van der Waals surface area contributed by atoms with Crippen LogP contribution in [0.4, 0.5) is 10.1 Å². The lowest BCUT2D eigenvalue weighted by Gasteiger charge is -2.10. The summed E-state index contributed by atoms with van der Waals surface area (Å²) in [6.07, 6.45) is 1.53. The zero-order chi connectivity index (χ0) is 23.0. The molecule has 0 aliphatic heterocycles. The van der Waals surface area contributed by atoms with E-state index in [-0.39, 0.29) is 10.7 Å². The number of nitro groups is 1. The van der Waals surface area contributed by atoms with Gasteiger partial charge in [-0.15, -0.1) is 11.3 Å². The van der Waals surface area contributed by atoms with Crippen LogP contribution in [0.3, 0.4) is 0 Å². The monoisotopic (exact) mass is 470 g/mol. The average molecular weight is 471 g/mol. The molecule has 1 amide bonds. The van der Waals surface area contributed by atoms with Gasteiger partial charge < -0.3 is 4.57 Å². The summed E-state index contributed by atoms with van der Waals surface area (Å²) in [6, 6.07) is 12.4. The molecule has 4 rings (SSSR count). The first-order valence-corrected chi connectivity index (χ1v) is 10.6. The van der Waals surface area contributed by atoms with Gasteiger partial charge in [-0.05, 0) is 50.2 Å². The van der Waals surface area contributed by atoms with Crippen LogP contribution in [0.5, 0.6) is 0 Å². The maximum Gasteiger partial charge on any atom is 0.281 e. The predicted molar refractivity (Wildman–Crippen MR) is 124 cm³/mol. The first kappa shape index (κ1) is 21.7. The zero-order valence-electron chi connectivity index (χ0n) is 16.9. The van der Waals surface area contributed by atoms with Gasteiger partial charge in [0, 0.05) is 44.9 Å². The molecule has 2 aromatic carbocycles. The Bertz CT molecular complexity index is 1410. The number of hydrogen-bond donors (Lipinski definition) is 1. The van der Waals surface area contributed by atoms with Crippen LogP contribution in [-0.4, -0.2) is 21.6 Å². The van der Waals surface area contributed by atoms with Gasteiger partial charge in [-0.3, -0.25) is 14.9 Å². The largest absolute Gasteiger partial charge is 0.318 e. The van der Waals surface area contributed by atoms with E-state index in [0.29, 0.717) is 10.3 Å². The molecule has 10 heteroatoms. The van der Waals surface area contributed by atoms with E-state index >= 15 is 0 Å². The highest BCUT2D eigenvalue weighted by Crippen LogP contribution is 2.29. The molecule has 0 saturated carbocycles. The van der Waals surface area contributed by atoms with Crippen LogP contribution >= 0.6 is 22.9 Å². The highest BCUT2D eigenvalue weighted by atomic mass is 35.5. The number of nitrogens with zero attached hydrogens (tertiary/aromatic N) is 3. The van der Waals surface area contributed by atoms with Gasteiger partial charge in [0.2, 0.25) is 0 Å². The highest BCUT2D eigenvalue weighted by Gasteiger charge is 2.14. The molecule has 0 atom stereocenters. The normalized spacial score (nSPS) is 11.4. The number of aromatic nitrogens is 1. The highest BCUT2D eigenvalue weighted by molar-refractivity contribution is 7.20. The van der Waals surface area contributed by atoms with Gasteiger partial charge in [0.25, 0.3) is 11.6 Å². The van der Waals surface area contributed by atoms with Crippen molar-refractivity contribution in [2.24, 2.45) is 5.10 Å². The number of rotatable bonds is 5. The number of nitro benzene ring substituents is 1. The fraction of sp³-hybridized carbons (Fsp3) is 0.0909. The second-order valence-corrected chi connectivity index (χ2v) is 8.54. The number of amides is 1. The molecule has 0 spiro atoms. The molecule has 7 nitrogen and oxygen atoms in total. The van der Waals surface area contributed by atoms with Gasteiger partial charge in [-0.1, -0.05) is 11.6 Å². The number of nitrogens with one attached hydrogen (secondary N) is 1. The Hall–Kier alpha value is -3.56. The van der Waals surface area contributed by atoms with Crippen molar-refractivity contribution in [1.29, 1.82) is 0 Å². The number of halogens is 2. The average Bonchev–Trinajstić information content (AvgIpc) is 3.30. The van der Waals surface area contributed by atoms with Crippen molar-refractivity contribution in [2.45, 2.75) is 13.8 Å². The van der Waals surface area contributed by atoms with E-state index in [2.05, 4.69) is 10.5 Å². The number of aryl methyl sites for hydroxylation is 1. The molecule has 2 aromatic heterocycles. The van der Waals surface area contributed by atoms with Crippen LogP contribution in [-0.2, 0) is 0 Å². The van der Waals surface area contributed by atoms with E-state index in [0.717, 1.165) is 27.3 Å². The smallest absolute Gasteiger partial charge is 0.281 e. The second kappa shape index (κ2) is 8.52. The molecule has 0 fully saturated rings. The van der Waals surface area contributed by atoms with Crippen molar-refractivity contribution >= 4 is 50.8 Å². The first-order valence-electron chi connectivity index (χ1n) is 9.40. The van der Waals surface area contributed by atoms with Gasteiger partial charge in [0.1, 0.15) is 5.82 Å². The molecule has 162 valence electrons. The number of carbonyl (C=O) groups is 1. The first-order chi connectivity index (χ1) is 15.2. The Morgan fingerprint density at radius 2 is 2.00 bits per heavy atom. The van der Waals surface area contributed by atoms with Crippen LogP contribution in [0.2, 0.25) is 5.02 Å². The van der Waals surface area contributed by atoms with Crippen molar-refractivity contribution in [3.05, 3.63) is 91.3 Å².